The molecule has 9 heteroatoms. The van der Waals surface area contributed by atoms with Gasteiger partial charge in [0.1, 0.15) is 12.1 Å². The minimum Gasteiger partial charge on any atom is -0.480 e. The van der Waals surface area contributed by atoms with Crippen LogP contribution in [0.3, 0.4) is 0 Å². The first-order valence-electron chi connectivity index (χ1n) is 19.7. The van der Waals surface area contributed by atoms with Gasteiger partial charge in [-0.15, -0.1) is 0 Å². The van der Waals surface area contributed by atoms with Gasteiger partial charge in [0, 0.05) is 12.8 Å². The summed E-state index contributed by atoms with van der Waals surface area (Å²) in [6, 6.07) is -1.39. The average molecular weight is 693 g/mol. The van der Waals surface area contributed by atoms with Crippen LogP contribution in [0.5, 0.6) is 0 Å². The van der Waals surface area contributed by atoms with Crippen LogP contribution in [0.4, 0.5) is 0 Å². The van der Waals surface area contributed by atoms with Crippen LogP contribution in [0.1, 0.15) is 181 Å². The summed E-state index contributed by atoms with van der Waals surface area (Å²) in [5.41, 5.74) is 0. The van der Waals surface area contributed by atoms with Gasteiger partial charge in [-0.25, -0.2) is 4.79 Å². The monoisotopic (exact) mass is 693 g/mol. The van der Waals surface area contributed by atoms with Crippen molar-refractivity contribution in [2.24, 2.45) is 0 Å². The van der Waals surface area contributed by atoms with Crippen LogP contribution in [0.15, 0.2) is 24.3 Å². The van der Waals surface area contributed by atoms with Crippen molar-refractivity contribution in [2.45, 2.75) is 193 Å². The second-order valence-corrected chi connectivity index (χ2v) is 13.4. The highest BCUT2D eigenvalue weighted by Gasteiger charge is 2.19. The van der Waals surface area contributed by atoms with E-state index in [-0.39, 0.29) is 30.9 Å². The number of rotatable bonds is 35. The Bertz CT molecular complexity index is 890. The van der Waals surface area contributed by atoms with Crippen molar-refractivity contribution in [3.05, 3.63) is 24.3 Å². The molecule has 0 saturated carbocycles. The first-order valence-corrected chi connectivity index (χ1v) is 19.7. The van der Waals surface area contributed by atoms with Gasteiger partial charge >= 0.3 is 11.9 Å². The van der Waals surface area contributed by atoms with Gasteiger partial charge in [0.05, 0.1) is 13.2 Å². The molecule has 0 rings (SSSR count). The van der Waals surface area contributed by atoms with E-state index in [0.29, 0.717) is 12.8 Å². The molecule has 4 N–H and O–H groups in total. The fourth-order valence-electron chi connectivity index (χ4n) is 5.63. The summed E-state index contributed by atoms with van der Waals surface area (Å²) < 4.78 is 5.89. The number of esters is 1. The third kappa shape index (κ3) is 32.3. The Morgan fingerprint density at radius 1 is 0.612 bits per heavy atom. The molecule has 2 atom stereocenters. The van der Waals surface area contributed by atoms with Gasteiger partial charge in [-0.3, -0.25) is 14.4 Å². The number of carbonyl (C=O) groups is 4. The topological polar surface area (TPSA) is 142 Å². The molecule has 0 aliphatic rings. The van der Waals surface area contributed by atoms with Crippen molar-refractivity contribution in [3.8, 4) is 0 Å². The number of hydrogen-bond acceptors (Lipinski definition) is 6. The zero-order chi connectivity index (χ0) is 36.2. The predicted molar refractivity (Wildman–Crippen MR) is 199 cm³/mol. The van der Waals surface area contributed by atoms with Crippen LogP contribution in [-0.2, 0) is 23.9 Å². The van der Waals surface area contributed by atoms with Gasteiger partial charge in [0.25, 0.3) is 0 Å². The molecule has 284 valence electrons. The van der Waals surface area contributed by atoms with Gasteiger partial charge in [-0.05, 0) is 70.6 Å². The number of allylic oxidation sites excluding steroid dienone is 4. The number of unbranched alkanes of at least 4 members (excludes halogenated alkanes) is 17. The number of aliphatic carboxylic acids is 1. The number of nitrogens with one attached hydrogen (secondary N) is 2. The second kappa shape index (κ2) is 35.2. The maximum atomic E-state index is 12.6. The second-order valence-electron chi connectivity index (χ2n) is 13.4. The fourth-order valence-corrected chi connectivity index (χ4v) is 5.63. The van der Waals surface area contributed by atoms with Crippen molar-refractivity contribution >= 4 is 23.8 Å². The molecule has 0 aromatic rings. The number of hydrogen-bond donors (Lipinski definition) is 4. The van der Waals surface area contributed by atoms with E-state index >= 15 is 0 Å². The van der Waals surface area contributed by atoms with E-state index < -0.39 is 24.5 Å². The molecule has 0 bridgehead atoms. The summed E-state index contributed by atoms with van der Waals surface area (Å²) in [5.74, 6) is -2.39. The van der Waals surface area contributed by atoms with E-state index in [9.17, 15) is 19.2 Å². The molecule has 0 aromatic heterocycles. The summed E-state index contributed by atoms with van der Waals surface area (Å²) >= 11 is 0. The van der Waals surface area contributed by atoms with E-state index in [1.54, 1.807) is 0 Å². The Morgan fingerprint density at radius 3 is 1.67 bits per heavy atom. The molecular weight excluding hydrogens is 620 g/mol. The molecule has 9 nitrogen and oxygen atoms in total. The maximum Gasteiger partial charge on any atom is 0.328 e. The summed E-state index contributed by atoms with van der Waals surface area (Å²) in [7, 11) is 0. The highest BCUT2D eigenvalue weighted by molar-refractivity contribution is 5.87. The van der Waals surface area contributed by atoms with Crippen LogP contribution in [-0.4, -0.2) is 59.3 Å². The smallest absolute Gasteiger partial charge is 0.328 e. The summed E-state index contributed by atoms with van der Waals surface area (Å²) in [6.07, 6.45) is 36.6. The van der Waals surface area contributed by atoms with Gasteiger partial charge in [0.15, 0.2) is 0 Å². The predicted octanol–water partition coefficient (Wildman–Crippen LogP) is 8.87. The van der Waals surface area contributed by atoms with Crippen molar-refractivity contribution in [3.63, 3.8) is 0 Å². The number of aliphatic hydroxyl groups excluding tert-OH is 1. The van der Waals surface area contributed by atoms with Gasteiger partial charge < -0.3 is 25.6 Å². The molecule has 0 saturated heterocycles. The van der Waals surface area contributed by atoms with E-state index in [2.05, 4.69) is 48.8 Å². The highest BCUT2D eigenvalue weighted by Crippen LogP contribution is 2.18. The molecule has 0 aliphatic carbocycles. The SMILES string of the molecule is CCCCC/C=C\C/C=C\CCCCCCCCCCCC(=O)OC(CCCCCC)CCCCCC(=O)NCC(=O)NC(CO)C(=O)O. The molecule has 49 heavy (non-hydrogen) atoms. The Labute approximate surface area is 298 Å². The third-order valence-electron chi connectivity index (χ3n) is 8.70. The normalized spacial score (nSPS) is 12.7. The van der Waals surface area contributed by atoms with Gasteiger partial charge in [-0.1, -0.05) is 122 Å². The lowest BCUT2D eigenvalue weighted by Crippen LogP contribution is -2.47. The van der Waals surface area contributed by atoms with E-state index in [4.69, 9.17) is 14.9 Å². The van der Waals surface area contributed by atoms with Crippen molar-refractivity contribution < 1.29 is 34.1 Å². The zero-order valence-electron chi connectivity index (χ0n) is 31.2. The number of carboxylic acids is 1. The number of amides is 2. The standard InChI is InChI=1S/C40H72N2O7/c1-3-5-7-9-10-11-12-13-14-15-16-17-18-19-20-21-22-23-28-32-39(46)49-35(29-25-8-6-4-2)30-26-24-27-31-37(44)41-33-38(45)42-36(34-43)40(47)48/h10-11,13-14,35-36,43H,3-9,12,15-34H2,1-2H3,(H,41,44)(H,42,45)(H,47,48)/b11-10-,14-13-. The largest absolute Gasteiger partial charge is 0.480 e. The van der Waals surface area contributed by atoms with Crippen LogP contribution in [0.25, 0.3) is 0 Å². The fraction of sp³-hybridized carbons (Fsp3) is 0.800. The first-order chi connectivity index (χ1) is 23.8. The summed E-state index contributed by atoms with van der Waals surface area (Å²) in [6.45, 7) is 3.36. The Balaban J connectivity index is 3.99. The van der Waals surface area contributed by atoms with Crippen molar-refractivity contribution in [2.75, 3.05) is 13.2 Å². The first kappa shape index (κ1) is 46.3. The Hall–Kier alpha value is -2.68. The van der Waals surface area contributed by atoms with Gasteiger partial charge in [0.2, 0.25) is 11.8 Å². The molecule has 0 heterocycles. The number of ether oxygens (including phenoxy) is 1. The molecule has 2 amide bonds. The number of carboxylic acid groups (broad SMARTS) is 1. The van der Waals surface area contributed by atoms with E-state index in [1.807, 2.05) is 0 Å². The van der Waals surface area contributed by atoms with Crippen molar-refractivity contribution in [1.29, 1.82) is 0 Å². The molecule has 0 aromatic carbocycles. The average Bonchev–Trinajstić information content (AvgIpc) is 3.08. The summed E-state index contributed by atoms with van der Waals surface area (Å²) in [5, 5.41) is 22.5. The maximum absolute atomic E-state index is 12.6. The lowest BCUT2D eigenvalue weighted by Gasteiger charge is -2.18. The van der Waals surface area contributed by atoms with Crippen LogP contribution in [0.2, 0.25) is 0 Å². The van der Waals surface area contributed by atoms with Gasteiger partial charge in [-0.2, -0.15) is 0 Å². The minimum absolute atomic E-state index is 0.0803. The lowest BCUT2D eigenvalue weighted by atomic mass is 10.0. The lowest BCUT2D eigenvalue weighted by molar-refractivity contribution is -0.150. The molecule has 0 aliphatic heterocycles. The highest BCUT2D eigenvalue weighted by atomic mass is 16.5. The van der Waals surface area contributed by atoms with Crippen LogP contribution in [0, 0.1) is 0 Å². The number of aliphatic hydroxyl groups is 1. The minimum atomic E-state index is -1.39. The van der Waals surface area contributed by atoms with Crippen molar-refractivity contribution in [1.82, 2.24) is 10.6 Å². The molecular formula is C40H72N2O7. The quantitative estimate of drug-likeness (QED) is 0.0295. The van der Waals surface area contributed by atoms with E-state index in [1.165, 1.54) is 83.5 Å². The number of carbonyl (C=O) groups excluding carboxylic acids is 3. The third-order valence-corrected chi connectivity index (χ3v) is 8.70. The Kier molecular flexibility index (Phi) is 33.2. The molecule has 2 unspecified atom stereocenters. The molecule has 0 radical (unpaired) electrons. The van der Waals surface area contributed by atoms with Crippen LogP contribution >= 0.6 is 0 Å². The van der Waals surface area contributed by atoms with Crippen LogP contribution < -0.4 is 10.6 Å². The zero-order valence-corrected chi connectivity index (χ0v) is 31.2. The Morgan fingerprint density at radius 2 is 1.10 bits per heavy atom. The molecule has 0 fully saturated rings. The van der Waals surface area contributed by atoms with E-state index in [0.717, 1.165) is 64.2 Å². The summed E-state index contributed by atoms with van der Waals surface area (Å²) in [4.78, 5) is 47.3. The molecule has 0 spiro atoms.